The van der Waals surface area contributed by atoms with Gasteiger partial charge >= 0.3 is 5.97 Å². The molecule has 0 saturated carbocycles. The van der Waals surface area contributed by atoms with E-state index < -0.39 is 11.9 Å². The molecule has 1 saturated heterocycles. The number of rotatable bonds is 3. The average Bonchev–Trinajstić information content (AvgIpc) is 3.26. The highest BCUT2D eigenvalue weighted by atomic mass is 16.4. The fraction of sp³-hybridized carbons (Fsp3) is 0.263. The predicted octanol–water partition coefficient (Wildman–Crippen LogP) is 1.91. The van der Waals surface area contributed by atoms with E-state index in [0.29, 0.717) is 17.8 Å². The summed E-state index contributed by atoms with van der Waals surface area (Å²) in [5.41, 5.74) is 2.91. The quantitative estimate of drug-likeness (QED) is 0.779. The third-order valence-electron chi connectivity index (χ3n) is 4.96. The van der Waals surface area contributed by atoms with Gasteiger partial charge in [-0.2, -0.15) is 0 Å². The van der Waals surface area contributed by atoms with Crippen LogP contribution in [-0.2, 0) is 11.8 Å². The Bertz CT molecular complexity index is 983. The van der Waals surface area contributed by atoms with Crippen molar-refractivity contribution in [1.29, 1.82) is 0 Å². The van der Waals surface area contributed by atoms with E-state index >= 15 is 0 Å². The molecule has 132 valence electrons. The maximum atomic E-state index is 12.9. The number of carboxylic acid groups (broad SMARTS) is 1. The van der Waals surface area contributed by atoms with Gasteiger partial charge in [0.1, 0.15) is 0 Å². The summed E-state index contributed by atoms with van der Waals surface area (Å²) in [6.07, 6.45) is 3.35. The lowest BCUT2D eigenvalue weighted by molar-refractivity contribution is -0.141. The van der Waals surface area contributed by atoms with E-state index in [1.54, 1.807) is 35.6 Å². The van der Waals surface area contributed by atoms with Gasteiger partial charge in [-0.25, -0.2) is 4.98 Å². The molecule has 0 unspecified atom stereocenters. The number of aliphatic carboxylic acids is 1. The molecule has 1 aromatic carbocycles. The number of hydrogen-bond acceptors (Lipinski definition) is 4. The summed E-state index contributed by atoms with van der Waals surface area (Å²) in [4.78, 5) is 34.8. The molecule has 4 rings (SSSR count). The zero-order chi connectivity index (χ0) is 18.3. The number of carboxylic acids is 1. The topological polar surface area (TPSA) is 88.3 Å². The molecule has 3 aromatic rings. The Morgan fingerprint density at radius 3 is 2.73 bits per heavy atom. The highest BCUT2D eigenvalue weighted by Crippen LogP contribution is 2.32. The molecule has 0 spiro atoms. The van der Waals surface area contributed by atoms with E-state index in [1.807, 2.05) is 29.8 Å². The number of carbonyl (C=O) groups is 2. The first-order valence-electron chi connectivity index (χ1n) is 8.38. The molecule has 0 radical (unpaired) electrons. The summed E-state index contributed by atoms with van der Waals surface area (Å²) in [6.45, 7) is 0.517. The largest absolute Gasteiger partial charge is 0.481 e. The summed E-state index contributed by atoms with van der Waals surface area (Å²) < 4.78 is 1.89. The minimum atomic E-state index is -0.906. The normalized spacial score (nSPS) is 19.8. The lowest BCUT2D eigenvalue weighted by Crippen LogP contribution is -2.29. The van der Waals surface area contributed by atoms with Crippen LogP contribution < -0.4 is 0 Å². The molecule has 2 atom stereocenters. The van der Waals surface area contributed by atoms with Crippen molar-refractivity contribution in [2.75, 3.05) is 13.1 Å². The molecule has 3 heterocycles. The number of fused-ring (bicyclic) bond motifs is 1. The highest BCUT2D eigenvalue weighted by Gasteiger charge is 2.41. The monoisotopic (exact) mass is 350 g/mol. The van der Waals surface area contributed by atoms with Crippen LogP contribution in [0.2, 0.25) is 0 Å². The van der Waals surface area contributed by atoms with Crippen LogP contribution in [0, 0.1) is 5.92 Å². The molecule has 1 amide bonds. The van der Waals surface area contributed by atoms with Gasteiger partial charge in [0.05, 0.1) is 23.3 Å². The van der Waals surface area contributed by atoms with Gasteiger partial charge in [-0.3, -0.25) is 14.6 Å². The number of benzene rings is 1. The smallest absolute Gasteiger partial charge is 0.309 e. The van der Waals surface area contributed by atoms with Gasteiger partial charge in [0.25, 0.3) is 5.91 Å². The van der Waals surface area contributed by atoms with Crippen molar-refractivity contribution in [2.45, 2.75) is 5.92 Å². The zero-order valence-corrected chi connectivity index (χ0v) is 14.2. The van der Waals surface area contributed by atoms with Crippen molar-refractivity contribution in [1.82, 2.24) is 19.4 Å². The molecular weight excluding hydrogens is 332 g/mol. The fourth-order valence-electron chi connectivity index (χ4n) is 3.57. The molecule has 7 heteroatoms. The van der Waals surface area contributed by atoms with Crippen LogP contribution >= 0.6 is 0 Å². The number of amides is 1. The second-order valence-corrected chi connectivity index (χ2v) is 6.57. The van der Waals surface area contributed by atoms with Crippen molar-refractivity contribution in [3.8, 4) is 0 Å². The number of aryl methyl sites for hydroxylation is 1. The number of pyridine rings is 1. The molecule has 26 heavy (non-hydrogen) atoms. The number of hydrogen-bond donors (Lipinski definition) is 1. The number of likely N-dealkylation sites (tertiary alicyclic amines) is 1. The van der Waals surface area contributed by atoms with E-state index in [0.717, 1.165) is 11.0 Å². The molecule has 0 aliphatic carbocycles. The molecule has 1 fully saturated rings. The van der Waals surface area contributed by atoms with Crippen molar-refractivity contribution in [3.63, 3.8) is 0 Å². The van der Waals surface area contributed by atoms with Crippen LogP contribution in [-0.4, -0.2) is 49.5 Å². The second kappa shape index (κ2) is 6.25. The fourth-order valence-corrected chi connectivity index (χ4v) is 3.57. The third kappa shape index (κ3) is 2.71. The van der Waals surface area contributed by atoms with Crippen LogP contribution in [0.5, 0.6) is 0 Å². The molecule has 1 N–H and O–H groups in total. The molecule has 7 nitrogen and oxygen atoms in total. The predicted molar refractivity (Wildman–Crippen MR) is 94.7 cm³/mol. The van der Waals surface area contributed by atoms with Crippen molar-refractivity contribution >= 4 is 22.9 Å². The van der Waals surface area contributed by atoms with Crippen LogP contribution in [0.25, 0.3) is 11.0 Å². The maximum absolute atomic E-state index is 12.9. The zero-order valence-electron chi connectivity index (χ0n) is 14.2. The first-order chi connectivity index (χ1) is 12.5. The Kier molecular flexibility index (Phi) is 3.91. The van der Waals surface area contributed by atoms with E-state index in [4.69, 9.17) is 0 Å². The number of aromatic nitrogens is 3. The van der Waals surface area contributed by atoms with Gasteiger partial charge in [0, 0.05) is 43.5 Å². The first kappa shape index (κ1) is 16.3. The van der Waals surface area contributed by atoms with Crippen molar-refractivity contribution in [3.05, 3.63) is 60.2 Å². The van der Waals surface area contributed by atoms with Gasteiger partial charge in [0.2, 0.25) is 0 Å². The van der Waals surface area contributed by atoms with Crippen molar-refractivity contribution in [2.24, 2.45) is 13.0 Å². The Balaban J connectivity index is 1.62. The first-order valence-corrected chi connectivity index (χ1v) is 8.38. The van der Waals surface area contributed by atoms with E-state index in [1.165, 1.54) is 0 Å². The summed E-state index contributed by atoms with van der Waals surface area (Å²) in [5, 5.41) is 9.58. The Morgan fingerprint density at radius 1 is 1.15 bits per heavy atom. The van der Waals surface area contributed by atoms with Gasteiger partial charge in [-0.15, -0.1) is 0 Å². The lowest BCUT2D eigenvalue weighted by Gasteiger charge is -2.16. The Hall–Kier alpha value is -3.22. The van der Waals surface area contributed by atoms with Gasteiger partial charge in [-0.05, 0) is 30.3 Å². The van der Waals surface area contributed by atoms with Crippen LogP contribution in [0.15, 0.2) is 48.9 Å². The summed E-state index contributed by atoms with van der Waals surface area (Å²) in [5.74, 6) is -2.05. The van der Waals surface area contributed by atoms with Crippen LogP contribution in [0.1, 0.15) is 22.0 Å². The standard InChI is InChI=1S/C19H18N4O3/c1-22-11-21-16-8-12(5-6-17(16)22)18(24)23-9-13(14(10-23)19(25)26)15-4-2-3-7-20-15/h2-8,11,13-14H,9-10H2,1H3,(H,25,26)/t13-,14-/m1/s1. The number of nitrogens with zero attached hydrogens (tertiary/aromatic N) is 4. The van der Waals surface area contributed by atoms with Gasteiger partial charge in [0.15, 0.2) is 0 Å². The van der Waals surface area contributed by atoms with E-state index in [-0.39, 0.29) is 18.4 Å². The van der Waals surface area contributed by atoms with Gasteiger partial charge in [-0.1, -0.05) is 6.07 Å². The molecule has 0 bridgehead atoms. The van der Waals surface area contributed by atoms with Crippen molar-refractivity contribution < 1.29 is 14.7 Å². The minimum Gasteiger partial charge on any atom is -0.481 e. The molecule has 2 aromatic heterocycles. The highest BCUT2D eigenvalue weighted by molar-refractivity contribution is 5.98. The molecule has 1 aliphatic rings. The summed E-state index contributed by atoms with van der Waals surface area (Å²) in [7, 11) is 1.90. The van der Waals surface area contributed by atoms with Gasteiger partial charge < -0.3 is 14.6 Å². The van der Waals surface area contributed by atoms with Crippen LogP contribution in [0.4, 0.5) is 0 Å². The number of imidazole rings is 1. The maximum Gasteiger partial charge on any atom is 0.309 e. The summed E-state index contributed by atoms with van der Waals surface area (Å²) >= 11 is 0. The Labute approximate surface area is 149 Å². The number of carbonyl (C=O) groups excluding carboxylic acids is 1. The summed E-state index contributed by atoms with van der Waals surface area (Å²) in [6, 6.07) is 10.8. The average molecular weight is 350 g/mol. The molecule has 1 aliphatic heterocycles. The van der Waals surface area contributed by atoms with E-state index in [9.17, 15) is 14.7 Å². The third-order valence-corrected chi connectivity index (χ3v) is 4.96. The second-order valence-electron chi connectivity index (χ2n) is 6.57. The van der Waals surface area contributed by atoms with E-state index in [2.05, 4.69) is 9.97 Å². The lowest BCUT2D eigenvalue weighted by atomic mass is 9.93. The molecular formula is C19H18N4O3. The van der Waals surface area contributed by atoms with Crippen LogP contribution in [0.3, 0.4) is 0 Å². The Morgan fingerprint density at radius 2 is 2.00 bits per heavy atom. The minimum absolute atomic E-state index is 0.176. The SMILES string of the molecule is Cn1cnc2cc(C(=O)N3C[C@@H](C(=O)O)[C@H](c4ccccn4)C3)ccc21.